The number of nitrogens with zero attached hydrogens (tertiary/aromatic N) is 1. The zero-order valence-corrected chi connectivity index (χ0v) is 9.61. The van der Waals surface area contributed by atoms with Gasteiger partial charge in [0.05, 0.1) is 0 Å². The van der Waals surface area contributed by atoms with E-state index in [9.17, 15) is 4.79 Å². The third kappa shape index (κ3) is 2.67. The number of pyridine rings is 1. The molecule has 2 rings (SSSR count). The first-order chi connectivity index (χ1) is 7.77. The number of ketones is 1. The van der Waals surface area contributed by atoms with Crippen LogP contribution in [0.2, 0.25) is 0 Å². The molecule has 0 amide bonds. The normalized spacial score (nSPS) is 17.3. The molecule has 0 atom stereocenters. The van der Waals surface area contributed by atoms with E-state index in [4.69, 9.17) is 4.74 Å². The van der Waals surface area contributed by atoms with Gasteiger partial charge < -0.3 is 4.74 Å². The molecule has 0 aliphatic carbocycles. The van der Waals surface area contributed by atoms with Crippen LogP contribution in [0.25, 0.3) is 0 Å². The van der Waals surface area contributed by atoms with Gasteiger partial charge in [-0.3, -0.25) is 9.78 Å². The number of rotatable bonds is 3. The molecule has 0 saturated carbocycles. The molecule has 0 N–H and O–H groups in total. The van der Waals surface area contributed by atoms with Crippen molar-refractivity contribution in [3.05, 3.63) is 29.6 Å². The second kappa shape index (κ2) is 5.21. The number of hydrogen-bond acceptors (Lipinski definition) is 3. The van der Waals surface area contributed by atoms with E-state index >= 15 is 0 Å². The van der Waals surface area contributed by atoms with Crippen LogP contribution in [0.1, 0.15) is 35.2 Å². The molecule has 0 spiro atoms. The van der Waals surface area contributed by atoms with E-state index in [0.29, 0.717) is 12.3 Å². The molecule has 1 aliphatic rings. The number of carbonyl (C=O) groups is 1. The van der Waals surface area contributed by atoms with Gasteiger partial charge in [-0.25, -0.2) is 0 Å². The van der Waals surface area contributed by atoms with E-state index in [1.807, 2.05) is 13.0 Å². The molecule has 0 aromatic carbocycles. The molecule has 0 bridgehead atoms. The van der Waals surface area contributed by atoms with Crippen molar-refractivity contribution >= 4 is 5.78 Å². The molecule has 1 aromatic rings. The molecule has 16 heavy (non-hydrogen) atoms. The van der Waals surface area contributed by atoms with Crippen molar-refractivity contribution in [2.45, 2.75) is 26.2 Å². The maximum absolute atomic E-state index is 12.1. The van der Waals surface area contributed by atoms with Crippen molar-refractivity contribution in [1.29, 1.82) is 0 Å². The van der Waals surface area contributed by atoms with Gasteiger partial charge in [0.2, 0.25) is 0 Å². The van der Waals surface area contributed by atoms with Gasteiger partial charge in [0.25, 0.3) is 0 Å². The number of Topliss-reactive ketones (excluding diaryl/α,β-unsaturated/α-hetero) is 1. The second-order valence-corrected chi connectivity index (χ2v) is 4.37. The highest BCUT2D eigenvalue weighted by Crippen LogP contribution is 2.21. The summed E-state index contributed by atoms with van der Waals surface area (Å²) < 4.78 is 5.29. The number of aromatic nitrogens is 1. The van der Waals surface area contributed by atoms with Gasteiger partial charge in [0.15, 0.2) is 5.78 Å². The molecule has 86 valence electrons. The van der Waals surface area contributed by atoms with E-state index in [2.05, 4.69) is 4.98 Å². The Hall–Kier alpha value is -1.22. The zero-order valence-electron chi connectivity index (χ0n) is 9.61. The number of carbonyl (C=O) groups excluding carboxylic acids is 1. The third-order valence-electron chi connectivity index (χ3n) is 3.15. The number of aryl methyl sites for hydroxylation is 1. The van der Waals surface area contributed by atoms with Gasteiger partial charge in [-0.05, 0) is 37.3 Å². The topological polar surface area (TPSA) is 39.2 Å². The van der Waals surface area contributed by atoms with Crippen LogP contribution in [0, 0.1) is 12.8 Å². The van der Waals surface area contributed by atoms with Gasteiger partial charge in [-0.1, -0.05) is 0 Å². The minimum absolute atomic E-state index is 0.220. The fourth-order valence-corrected chi connectivity index (χ4v) is 2.08. The standard InChI is InChI=1S/C13H17NO2/c1-10-2-5-14-9-12(10)13(15)8-11-3-6-16-7-4-11/h2,5,9,11H,3-4,6-8H2,1H3. The Labute approximate surface area is 95.8 Å². The first kappa shape index (κ1) is 11.3. The van der Waals surface area contributed by atoms with Crippen LogP contribution in [-0.4, -0.2) is 24.0 Å². The van der Waals surface area contributed by atoms with Crippen molar-refractivity contribution in [2.75, 3.05) is 13.2 Å². The first-order valence-electron chi connectivity index (χ1n) is 5.79. The fraction of sp³-hybridized carbons (Fsp3) is 0.538. The van der Waals surface area contributed by atoms with Crippen molar-refractivity contribution in [1.82, 2.24) is 4.98 Å². The quantitative estimate of drug-likeness (QED) is 0.733. The largest absolute Gasteiger partial charge is 0.381 e. The minimum Gasteiger partial charge on any atom is -0.381 e. The molecule has 0 unspecified atom stereocenters. The fourth-order valence-electron chi connectivity index (χ4n) is 2.08. The molecule has 1 fully saturated rings. The number of hydrogen-bond donors (Lipinski definition) is 0. The molecular weight excluding hydrogens is 202 g/mol. The lowest BCUT2D eigenvalue weighted by atomic mass is 9.91. The van der Waals surface area contributed by atoms with Crippen LogP contribution in [-0.2, 0) is 4.74 Å². The maximum atomic E-state index is 12.1. The highest BCUT2D eigenvalue weighted by atomic mass is 16.5. The van der Waals surface area contributed by atoms with E-state index in [0.717, 1.165) is 37.2 Å². The van der Waals surface area contributed by atoms with Crippen LogP contribution in [0.15, 0.2) is 18.5 Å². The Kier molecular flexibility index (Phi) is 3.67. The third-order valence-corrected chi connectivity index (χ3v) is 3.15. The molecule has 3 nitrogen and oxygen atoms in total. The lowest BCUT2D eigenvalue weighted by Gasteiger charge is -2.21. The maximum Gasteiger partial charge on any atom is 0.164 e. The van der Waals surface area contributed by atoms with Crippen LogP contribution in [0.3, 0.4) is 0 Å². The summed E-state index contributed by atoms with van der Waals surface area (Å²) in [6, 6.07) is 1.89. The SMILES string of the molecule is Cc1ccncc1C(=O)CC1CCOCC1. The van der Waals surface area contributed by atoms with Gasteiger partial charge in [0.1, 0.15) is 0 Å². The molecule has 1 aromatic heterocycles. The summed E-state index contributed by atoms with van der Waals surface area (Å²) in [5, 5.41) is 0. The predicted molar refractivity (Wildman–Crippen MR) is 61.5 cm³/mol. The van der Waals surface area contributed by atoms with E-state index < -0.39 is 0 Å². The highest BCUT2D eigenvalue weighted by molar-refractivity contribution is 5.97. The molecule has 3 heteroatoms. The van der Waals surface area contributed by atoms with E-state index in [1.165, 1.54) is 0 Å². The molecular formula is C13H17NO2. The van der Waals surface area contributed by atoms with Crippen molar-refractivity contribution in [3.8, 4) is 0 Å². The van der Waals surface area contributed by atoms with Gasteiger partial charge >= 0.3 is 0 Å². The minimum atomic E-state index is 0.220. The summed E-state index contributed by atoms with van der Waals surface area (Å²) in [7, 11) is 0. The Morgan fingerprint density at radius 2 is 2.25 bits per heavy atom. The Bertz CT molecular complexity index is 370. The van der Waals surface area contributed by atoms with E-state index in [1.54, 1.807) is 12.4 Å². The van der Waals surface area contributed by atoms with Crippen molar-refractivity contribution < 1.29 is 9.53 Å². The zero-order chi connectivity index (χ0) is 11.4. The summed E-state index contributed by atoms with van der Waals surface area (Å²) in [5.41, 5.74) is 1.79. The second-order valence-electron chi connectivity index (χ2n) is 4.37. The monoisotopic (exact) mass is 219 g/mol. The predicted octanol–water partition coefficient (Wildman–Crippen LogP) is 2.39. The average molecular weight is 219 g/mol. The van der Waals surface area contributed by atoms with Crippen molar-refractivity contribution in [3.63, 3.8) is 0 Å². The van der Waals surface area contributed by atoms with Crippen LogP contribution in [0.4, 0.5) is 0 Å². The van der Waals surface area contributed by atoms with Gasteiger partial charge in [0, 0.05) is 37.6 Å². The molecule has 2 heterocycles. The summed E-state index contributed by atoms with van der Waals surface area (Å²) in [5.74, 6) is 0.707. The lowest BCUT2D eigenvalue weighted by molar-refractivity contribution is 0.0601. The van der Waals surface area contributed by atoms with Crippen LogP contribution >= 0.6 is 0 Å². The van der Waals surface area contributed by atoms with Crippen molar-refractivity contribution in [2.24, 2.45) is 5.92 Å². The summed E-state index contributed by atoms with van der Waals surface area (Å²) in [6.07, 6.45) is 6.05. The molecule has 1 aliphatic heterocycles. The molecule has 0 radical (unpaired) electrons. The Balaban J connectivity index is 2.00. The molecule has 1 saturated heterocycles. The smallest absolute Gasteiger partial charge is 0.164 e. The first-order valence-corrected chi connectivity index (χ1v) is 5.79. The Morgan fingerprint density at radius 3 is 2.94 bits per heavy atom. The van der Waals surface area contributed by atoms with Gasteiger partial charge in [-0.2, -0.15) is 0 Å². The summed E-state index contributed by atoms with van der Waals surface area (Å²) >= 11 is 0. The van der Waals surface area contributed by atoms with Gasteiger partial charge in [-0.15, -0.1) is 0 Å². The lowest BCUT2D eigenvalue weighted by Crippen LogP contribution is -2.19. The average Bonchev–Trinajstić information content (AvgIpc) is 2.31. The van der Waals surface area contributed by atoms with E-state index in [-0.39, 0.29) is 5.78 Å². The summed E-state index contributed by atoms with van der Waals surface area (Å²) in [6.45, 7) is 3.55. The van der Waals surface area contributed by atoms with Crippen LogP contribution in [0.5, 0.6) is 0 Å². The number of ether oxygens (including phenoxy) is 1. The van der Waals surface area contributed by atoms with Crippen LogP contribution < -0.4 is 0 Å². The highest BCUT2D eigenvalue weighted by Gasteiger charge is 2.19. The summed E-state index contributed by atoms with van der Waals surface area (Å²) in [4.78, 5) is 16.1. The Morgan fingerprint density at radius 1 is 1.50 bits per heavy atom.